The van der Waals surface area contributed by atoms with Crippen molar-refractivity contribution in [2.24, 2.45) is 0 Å². The molecule has 0 heterocycles. The van der Waals surface area contributed by atoms with Gasteiger partial charge < -0.3 is 5.32 Å². The standard InChI is InChI=1S/C16H13NO2S/c18-15-10-4-1-2-5-11(10)16(19)14-12(15)6-3-7-13(14)17-8-9-20/h1-7,17,20H,8-9H2. The summed E-state index contributed by atoms with van der Waals surface area (Å²) in [5.41, 5.74) is 2.60. The molecule has 0 radical (unpaired) electrons. The first-order valence-corrected chi connectivity index (χ1v) is 7.03. The monoisotopic (exact) mass is 283 g/mol. The van der Waals surface area contributed by atoms with Gasteiger partial charge in [0.2, 0.25) is 0 Å². The minimum Gasteiger partial charge on any atom is -0.384 e. The van der Waals surface area contributed by atoms with Crippen molar-refractivity contribution in [2.75, 3.05) is 17.6 Å². The van der Waals surface area contributed by atoms with Crippen LogP contribution in [-0.4, -0.2) is 23.9 Å². The van der Waals surface area contributed by atoms with E-state index in [1.54, 1.807) is 36.4 Å². The van der Waals surface area contributed by atoms with Crippen molar-refractivity contribution in [2.45, 2.75) is 0 Å². The van der Waals surface area contributed by atoms with Gasteiger partial charge in [-0.1, -0.05) is 36.4 Å². The molecule has 1 aliphatic rings. The van der Waals surface area contributed by atoms with Gasteiger partial charge in [-0.05, 0) is 6.07 Å². The lowest BCUT2D eigenvalue weighted by Gasteiger charge is -2.20. The van der Waals surface area contributed by atoms with Crippen LogP contribution in [0.2, 0.25) is 0 Å². The van der Waals surface area contributed by atoms with Crippen molar-refractivity contribution in [3.63, 3.8) is 0 Å². The quantitative estimate of drug-likeness (QED) is 0.727. The highest BCUT2D eigenvalue weighted by Gasteiger charge is 2.30. The van der Waals surface area contributed by atoms with E-state index in [1.165, 1.54) is 0 Å². The van der Waals surface area contributed by atoms with Crippen LogP contribution in [0.25, 0.3) is 0 Å². The van der Waals surface area contributed by atoms with Gasteiger partial charge in [0, 0.05) is 34.7 Å². The van der Waals surface area contributed by atoms with E-state index in [0.29, 0.717) is 40.2 Å². The number of rotatable bonds is 3. The number of fused-ring (bicyclic) bond motifs is 2. The zero-order valence-electron chi connectivity index (χ0n) is 10.7. The maximum absolute atomic E-state index is 12.6. The number of carbonyl (C=O) groups excluding carboxylic acids is 2. The van der Waals surface area contributed by atoms with E-state index in [0.717, 1.165) is 0 Å². The van der Waals surface area contributed by atoms with E-state index in [9.17, 15) is 9.59 Å². The normalized spacial score (nSPS) is 12.8. The van der Waals surface area contributed by atoms with Gasteiger partial charge in [-0.25, -0.2) is 0 Å². The van der Waals surface area contributed by atoms with Crippen LogP contribution in [0.4, 0.5) is 5.69 Å². The van der Waals surface area contributed by atoms with Gasteiger partial charge >= 0.3 is 0 Å². The molecule has 0 unspecified atom stereocenters. The predicted octanol–water partition coefficient (Wildman–Crippen LogP) is 2.80. The third-order valence-electron chi connectivity index (χ3n) is 3.38. The fraction of sp³-hybridized carbons (Fsp3) is 0.125. The molecule has 0 bridgehead atoms. The van der Waals surface area contributed by atoms with Crippen molar-refractivity contribution in [1.82, 2.24) is 0 Å². The molecule has 0 amide bonds. The number of benzene rings is 2. The fourth-order valence-electron chi connectivity index (χ4n) is 2.48. The summed E-state index contributed by atoms with van der Waals surface area (Å²) in [6.07, 6.45) is 0. The number of hydrogen-bond acceptors (Lipinski definition) is 4. The number of carbonyl (C=O) groups is 2. The molecular formula is C16H13NO2S. The molecule has 0 aliphatic heterocycles. The minimum absolute atomic E-state index is 0.0928. The average Bonchev–Trinajstić information content (AvgIpc) is 2.50. The number of hydrogen-bond donors (Lipinski definition) is 2. The van der Waals surface area contributed by atoms with Crippen molar-refractivity contribution in [1.29, 1.82) is 0 Å². The van der Waals surface area contributed by atoms with Gasteiger partial charge in [0.25, 0.3) is 0 Å². The van der Waals surface area contributed by atoms with E-state index < -0.39 is 0 Å². The number of thiol groups is 1. The molecule has 4 heteroatoms. The molecule has 2 aromatic carbocycles. The second-order valence-corrected chi connectivity index (χ2v) is 5.03. The highest BCUT2D eigenvalue weighted by atomic mass is 32.1. The van der Waals surface area contributed by atoms with Gasteiger partial charge in [0.1, 0.15) is 0 Å². The van der Waals surface area contributed by atoms with Crippen molar-refractivity contribution < 1.29 is 9.59 Å². The Kier molecular flexibility index (Phi) is 3.32. The summed E-state index contributed by atoms with van der Waals surface area (Å²) in [5.74, 6) is 0.463. The van der Waals surface area contributed by atoms with E-state index >= 15 is 0 Å². The van der Waals surface area contributed by atoms with Crippen LogP contribution in [-0.2, 0) is 0 Å². The molecule has 3 nitrogen and oxygen atoms in total. The maximum Gasteiger partial charge on any atom is 0.196 e. The van der Waals surface area contributed by atoms with E-state index in [2.05, 4.69) is 17.9 Å². The molecule has 0 atom stereocenters. The molecule has 100 valence electrons. The van der Waals surface area contributed by atoms with Gasteiger partial charge in [-0.2, -0.15) is 12.6 Å². The Balaban J connectivity index is 2.18. The molecule has 0 fully saturated rings. The van der Waals surface area contributed by atoms with Crippen molar-refractivity contribution >= 4 is 29.9 Å². The first kappa shape index (κ1) is 12.9. The Morgan fingerprint density at radius 2 is 1.50 bits per heavy atom. The van der Waals surface area contributed by atoms with Crippen LogP contribution in [0.3, 0.4) is 0 Å². The molecule has 0 aromatic heterocycles. The van der Waals surface area contributed by atoms with Gasteiger partial charge in [-0.15, -0.1) is 0 Å². The fourth-order valence-corrected chi connectivity index (χ4v) is 2.59. The van der Waals surface area contributed by atoms with Crippen LogP contribution >= 0.6 is 12.6 Å². The third-order valence-corrected chi connectivity index (χ3v) is 3.60. The first-order valence-electron chi connectivity index (χ1n) is 6.40. The Labute approximate surface area is 122 Å². The molecule has 0 saturated heterocycles. The lowest BCUT2D eigenvalue weighted by Crippen LogP contribution is -2.22. The lowest BCUT2D eigenvalue weighted by atomic mass is 9.83. The summed E-state index contributed by atoms with van der Waals surface area (Å²) in [7, 11) is 0. The van der Waals surface area contributed by atoms with Gasteiger partial charge in [0.15, 0.2) is 11.6 Å². The van der Waals surface area contributed by atoms with Crippen molar-refractivity contribution in [3.05, 3.63) is 64.7 Å². The SMILES string of the molecule is O=C1c2ccccc2C(=O)c2c(NCCS)cccc21. The highest BCUT2D eigenvalue weighted by molar-refractivity contribution is 7.80. The zero-order valence-corrected chi connectivity index (χ0v) is 11.6. The largest absolute Gasteiger partial charge is 0.384 e. The maximum atomic E-state index is 12.6. The summed E-state index contributed by atoms with van der Waals surface area (Å²) in [4.78, 5) is 25.1. The second kappa shape index (κ2) is 5.13. The molecule has 2 aromatic rings. The number of anilines is 1. The summed E-state index contributed by atoms with van der Waals surface area (Å²) in [6, 6.07) is 12.3. The third kappa shape index (κ3) is 1.93. The smallest absolute Gasteiger partial charge is 0.196 e. The summed E-state index contributed by atoms with van der Waals surface area (Å²) < 4.78 is 0. The Morgan fingerprint density at radius 3 is 2.20 bits per heavy atom. The minimum atomic E-state index is -0.0996. The second-order valence-electron chi connectivity index (χ2n) is 4.58. The lowest BCUT2D eigenvalue weighted by molar-refractivity contribution is 0.0979. The highest BCUT2D eigenvalue weighted by Crippen LogP contribution is 2.31. The van der Waals surface area contributed by atoms with E-state index in [4.69, 9.17) is 0 Å². The van der Waals surface area contributed by atoms with Crippen LogP contribution < -0.4 is 5.32 Å². The van der Waals surface area contributed by atoms with Crippen LogP contribution in [0.15, 0.2) is 42.5 Å². The summed E-state index contributed by atoms with van der Waals surface area (Å²) in [5, 5.41) is 3.15. The molecule has 1 aliphatic carbocycles. The molecule has 20 heavy (non-hydrogen) atoms. The zero-order chi connectivity index (χ0) is 14.1. The van der Waals surface area contributed by atoms with Crippen LogP contribution in [0.5, 0.6) is 0 Å². The van der Waals surface area contributed by atoms with Crippen molar-refractivity contribution in [3.8, 4) is 0 Å². The Hall–Kier alpha value is -2.07. The summed E-state index contributed by atoms with van der Waals surface area (Å²) >= 11 is 4.15. The predicted molar refractivity (Wildman–Crippen MR) is 82.1 cm³/mol. The summed E-state index contributed by atoms with van der Waals surface area (Å²) in [6.45, 7) is 0.642. The number of ketones is 2. The van der Waals surface area contributed by atoms with Gasteiger partial charge in [0.05, 0.1) is 5.56 Å². The van der Waals surface area contributed by atoms with Gasteiger partial charge in [-0.3, -0.25) is 9.59 Å². The molecule has 0 spiro atoms. The van der Waals surface area contributed by atoms with Crippen LogP contribution in [0, 0.1) is 0 Å². The van der Waals surface area contributed by atoms with Crippen LogP contribution in [0.1, 0.15) is 31.8 Å². The Bertz CT molecular complexity index is 709. The Morgan fingerprint density at radius 1 is 0.850 bits per heavy atom. The number of nitrogens with one attached hydrogen (secondary N) is 1. The first-order chi connectivity index (χ1) is 9.74. The molecular weight excluding hydrogens is 270 g/mol. The average molecular weight is 283 g/mol. The topological polar surface area (TPSA) is 46.2 Å². The molecule has 1 N–H and O–H groups in total. The van der Waals surface area contributed by atoms with E-state index in [-0.39, 0.29) is 11.6 Å². The van der Waals surface area contributed by atoms with E-state index in [1.807, 2.05) is 6.07 Å². The molecule has 0 saturated carbocycles. The molecule has 3 rings (SSSR count).